The van der Waals surface area contributed by atoms with E-state index in [4.69, 9.17) is 10.1 Å². The van der Waals surface area contributed by atoms with Gasteiger partial charge in [0.2, 0.25) is 5.91 Å². The fourth-order valence-electron chi connectivity index (χ4n) is 3.91. The van der Waals surface area contributed by atoms with E-state index in [2.05, 4.69) is 37.1 Å². The lowest BCUT2D eigenvalue weighted by Gasteiger charge is -2.36. The number of benzene rings is 1. The zero-order valence-electron chi connectivity index (χ0n) is 16.2. The fraction of sp³-hybridized carbons (Fsp3) is 0.476. The SMILES string of the molecule is Cc1cc(N2C[C@@H](C)C[C@H](C)C2)nc2ccc(NC(=O)CCC(=O)O)cc12. The van der Waals surface area contributed by atoms with Gasteiger partial charge in [-0.25, -0.2) is 4.98 Å². The van der Waals surface area contributed by atoms with Crippen LogP contribution >= 0.6 is 0 Å². The first-order valence-corrected chi connectivity index (χ1v) is 9.50. The van der Waals surface area contributed by atoms with Crippen LogP contribution < -0.4 is 10.2 Å². The van der Waals surface area contributed by atoms with Crippen molar-refractivity contribution >= 4 is 34.3 Å². The second kappa shape index (κ2) is 7.94. The average molecular weight is 369 g/mol. The van der Waals surface area contributed by atoms with E-state index in [0.717, 1.165) is 35.4 Å². The number of fused-ring (bicyclic) bond motifs is 1. The van der Waals surface area contributed by atoms with Crippen molar-refractivity contribution in [2.24, 2.45) is 11.8 Å². The number of carboxylic acids is 1. The van der Waals surface area contributed by atoms with Gasteiger partial charge in [-0.05, 0) is 55.0 Å². The summed E-state index contributed by atoms with van der Waals surface area (Å²) in [6.07, 6.45) is 1.05. The third kappa shape index (κ3) is 4.76. The number of carbonyl (C=O) groups excluding carboxylic acids is 1. The number of hydrogen-bond donors (Lipinski definition) is 2. The van der Waals surface area contributed by atoms with E-state index >= 15 is 0 Å². The molecule has 6 nitrogen and oxygen atoms in total. The molecule has 27 heavy (non-hydrogen) atoms. The molecule has 1 aliphatic rings. The van der Waals surface area contributed by atoms with Crippen molar-refractivity contribution in [2.75, 3.05) is 23.3 Å². The van der Waals surface area contributed by atoms with Crippen LogP contribution in [0.2, 0.25) is 0 Å². The molecule has 144 valence electrons. The fourth-order valence-corrected chi connectivity index (χ4v) is 3.91. The van der Waals surface area contributed by atoms with Gasteiger partial charge in [0.05, 0.1) is 11.9 Å². The highest BCUT2D eigenvalue weighted by Gasteiger charge is 2.23. The van der Waals surface area contributed by atoms with Crippen molar-refractivity contribution in [3.63, 3.8) is 0 Å². The summed E-state index contributed by atoms with van der Waals surface area (Å²) in [6, 6.07) is 7.75. The molecule has 1 saturated heterocycles. The van der Waals surface area contributed by atoms with Crippen LogP contribution in [0, 0.1) is 18.8 Å². The first-order chi connectivity index (χ1) is 12.8. The molecule has 0 spiro atoms. The smallest absolute Gasteiger partial charge is 0.303 e. The minimum absolute atomic E-state index is 0.0329. The minimum Gasteiger partial charge on any atom is -0.481 e. The molecular formula is C21H27N3O3. The third-order valence-electron chi connectivity index (χ3n) is 5.04. The lowest BCUT2D eigenvalue weighted by atomic mass is 9.92. The highest BCUT2D eigenvalue weighted by molar-refractivity contribution is 5.95. The van der Waals surface area contributed by atoms with E-state index in [-0.39, 0.29) is 18.7 Å². The van der Waals surface area contributed by atoms with Crippen molar-refractivity contribution in [1.82, 2.24) is 4.98 Å². The molecule has 0 aliphatic carbocycles. The Hall–Kier alpha value is -2.63. The highest BCUT2D eigenvalue weighted by Crippen LogP contribution is 2.29. The summed E-state index contributed by atoms with van der Waals surface area (Å²) in [5, 5.41) is 12.4. The molecule has 0 bridgehead atoms. The number of hydrogen-bond acceptors (Lipinski definition) is 4. The number of nitrogens with one attached hydrogen (secondary N) is 1. The molecule has 1 aromatic heterocycles. The van der Waals surface area contributed by atoms with Crippen LogP contribution in [0.15, 0.2) is 24.3 Å². The van der Waals surface area contributed by atoms with Gasteiger partial charge in [-0.3, -0.25) is 9.59 Å². The monoisotopic (exact) mass is 369 g/mol. The quantitative estimate of drug-likeness (QED) is 0.837. The molecular weight excluding hydrogens is 342 g/mol. The molecule has 1 aliphatic heterocycles. The Labute approximate surface area is 159 Å². The second-order valence-electron chi connectivity index (χ2n) is 7.82. The number of aromatic nitrogens is 1. The minimum atomic E-state index is -0.974. The molecule has 0 radical (unpaired) electrons. The topological polar surface area (TPSA) is 82.5 Å². The number of piperidine rings is 1. The van der Waals surface area contributed by atoms with Crippen LogP contribution in [-0.2, 0) is 9.59 Å². The Morgan fingerprint density at radius 1 is 1.19 bits per heavy atom. The molecule has 1 fully saturated rings. The Morgan fingerprint density at radius 3 is 2.56 bits per heavy atom. The molecule has 0 unspecified atom stereocenters. The molecule has 3 rings (SSSR count). The maximum absolute atomic E-state index is 11.9. The van der Waals surface area contributed by atoms with Gasteiger partial charge >= 0.3 is 5.97 Å². The Balaban J connectivity index is 1.81. The lowest BCUT2D eigenvalue weighted by Crippen LogP contribution is -2.39. The first-order valence-electron chi connectivity index (χ1n) is 9.50. The number of anilines is 2. The van der Waals surface area contributed by atoms with E-state index in [0.29, 0.717) is 17.5 Å². The van der Waals surface area contributed by atoms with Crippen molar-refractivity contribution < 1.29 is 14.7 Å². The number of pyridine rings is 1. The molecule has 6 heteroatoms. The largest absolute Gasteiger partial charge is 0.481 e. The predicted molar refractivity (Wildman–Crippen MR) is 107 cm³/mol. The van der Waals surface area contributed by atoms with Gasteiger partial charge in [0, 0.05) is 30.6 Å². The molecule has 1 amide bonds. The van der Waals surface area contributed by atoms with Crippen LogP contribution in [0.3, 0.4) is 0 Å². The number of amides is 1. The standard InChI is InChI=1S/C21H27N3O3/c1-13-8-14(2)12-24(11-13)19-9-15(3)17-10-16(4-5-18(17)23-19)22-20(25)6-7-21(26)27/h4-5,9-10,13-14H,6-8,11-12H2,1-3H3,(H,22,25)(H,26,27)/t13-,14-/m0/s1. The summed E-state index contributed by atoms with van der Waals surface area (Å²) < 4.78 is 0. The highest BCUT2D eigenvalue weighted by atomic mass is 16.4. The normalized spacial score (nSPS) is 19.9. The summed E-state index contributed by atoms with van der Waals surface area (Å²) >= 11 is 0. The molecule has 2 heterocycles. The van der Waals surface area contributed by atoms with Crippen molar-refractivity contribution in [2.45, 2.75) is 40.0 Å². The Morgan fingerprint density at radius 2 is 1.89 bits per heavy atom. The number of carboxylic acid groups (broad SMARTS) is 1. The van der Waals surface area contributed by atoms with Gasteiger partial charge in [-0.15, -0.1) is 0 Å². The van der Waals surface area contributed by atoms with Crippen LogP contribution in [0.1, 0.15) is 38.7 Å². The Kier molecular flexibility index (Phi) is 5.63. The van der Waals surface area contributed by atoms with Gasteiger partial charge < -0.3 is 15.3 Å². The van der Waals surface area contributed by atoms with E-state index in [9.17, 15) is 9.59 Å². The summed E-state index contributed by atoms with van der Waals surface area (Å²) in [5.41, 5.74) is 2.68. The van der Waals surface area contributed by atoms with E-state index in [1.807, 2.05) is 18.2 Å². The lowest BCUT2D eigenvalue weighted by molar-refractivity contribution is -0.138. The van der Waals surface area contributed by atoms with Crippen molar-refractivity contribution in [1.29, 1.82) is 0 Å². The van der Waals surface area contributed by atoms with Gasteiger partial charge in [0.25, 0.3) is 0 Å². The van der Waals surface area contributed by atoms with Gasteiger partial charge in [-0.2, -0.15) is 0 Å². The number of rotatable bonds is 5. The zero-order valence-corrected chi connectivity index (χ0v) is 16.2. The maximum atomic E-state index is 11.9. The molecule has 1 aromatic carbocycles. The van der Waals surface area contributed by atoms with E-state index < -0.39 is 5.97 Å². The summed E-state index contributed by atoms with van der Waals surface area (Å²) in [5.74, 6) is 1.06. The molecule has 2 atom stereocenters. The van der Waals surface area contributed by atoms with Gasteiger partial charge in [0.15, 0.2) is 0 Å². The number of carbonyl (C=O) groups is 2. The average Bonchev–Trinajstić information content (AvgIpc) is 2.59. The number of nitrogens with zero attached hydrogens (tertiary/aromatic N) is 2. The van der Waals surface area contributed by atoms with Crippen LogP contribution in [0.25, 0.3) is 10.9 Å². The van der Waals surface area contributed by atoms with Gasteiger partial charge in [0.1, 0.15) is 5.82 Å². The van der Waals surface area contributed by atoms with Gasteiger partial charge in [-0.1, -0.05) is 13.8 Å². The summed E-state index contributed by atoms with van der Waals surface area (Å²) in [7, 11) is 0. The molecule has 2 N–H and O–H groups in total. The summed E-state index contributed by atoms with van der Waals surface area (Å²) in [4.78, 5) is 29.7. The first kappa shape index (κ1) is 19.1. The number of aliphatic carboxylic acids is 1. The van der Waals surface area contributed by atoms with Crippen molar-refractivity contribution in [3.05, 3.63) is 29.8 Å². The Bertz CT molecular complexity index is 855. The zero-order chi connectivity index (χ0) is 19.6. The molecule has 0 saturated carbocycles. The van der Waals surface area contributed by atoms with Crippen LogP contribution in [-0.4, -0.2) is 35.1 Å². The van der Waals surface area contributed by atoms with Crippen LogP contribution in [0.4, 0.5) is 11.5 Å². The van der Waals surface area contributed by atoms with Crippen LogP contribution in [0.5, 0.6) is 0 Å². The maximum Gasteiger partial charge on any atom is 0.303 e. The number of aryl methyl sites for hydroxylation is 1. The van der Waals surface area contributed by atoms with E-state index in [1.54, 1.807) is 0 Å². The predicted octanol–water partition coefficient (Wildman–Crippen LogP) is 3.83. The third-order valence-corrected chi connectivity index (χ3v) is 5.04. The summed E-state index contributed by atoms with van der Waals surface area (Å²) in [6.45, 7) is 8.69. The molecule has 2 aromatic rings. The van der Waals surface area contributed by atoms with E-state index in [1.165, 1.54) is 6.42 Å². The second-order valence-corrected chi connectivity index (χ2v) is 7.82. The van der Waals surface area contributed by atoms with Crippen molar-refractivity contribution in [3.8, 4) is 0 Å².